The third kappa shape index (κ3) is 4.22. The van der Waals surface area contributed by atoms with E-state index in [4.69, 9.17) is 0 Å². The van der Waals surface area contributed by atoms with Crippen LogP contribution in [0.1, 0.15) is 11.1 Å². The van der Waals surface area contributed by atoms with Crippen molar-refractivity contribution < 1.29 is 30.0 Å². The van der Waals surface area contributed by atoms with Gasteiger partial charge in [0, 0.05) is 11.3 Å². The average Bonchev–Trinajstić information content (AvgIpc) is 2.53. The smallest absolute Gasteiger partial charge is 0.338 e. The molecule has 2 aromatic carbocycles. The Bertz CT molecular complexity index is 1160. The van der Waals surface area contributed by atoms with Crippen LogP contribution in [-0.4, -0.2) is 28.9 Å². The van der Waals surface area contributed by atoms with Gasteiger partial charge in [0.1, 0.15) is 4.90 Å². The molecule has 7 nitrogen and oxygen atoms in total. The highest BCUT2D eigenvalue weighted by Crippen LogP contribution is 2.33. The summed E-state index contributed by atoms with van der Waals surface area (Å²) in [6, 6.07) is 7.76. The zero-order valence-corrected chi connectivity index (χ0v) is 15.2. The maximum atomic E-state index is 12.9. The SMILES string of the molecule is CS(=O)(=O)Nc1ccc2c(c1)S(=O)(=O)N=C(c1cccc(C(F)(F)F)c1)N2. The molecule has 12 heteroatoms. The molecule has 0 bridgehead atoms. The molecular formula is C15H12F3N3O4S2. The molecule has 3 rings (SSSR count). The second-order valence-corrected chi connectivity index (χ2v) is 9.02. The zero-order valence-electron chi connectivity index (χ0n) is 13.6. The lowest BCUT2D eigenvalue weighted by atomic mass is 10.1. The van der Waals surface area contributed by atoms with Crippen LogP contribution in [0.5, 0.6) is 0 Å². The van der Waals surface area contributed by atoms with Gasteiger partial charge < -0.3 is 5.32 Å². The molecule has 1 aliphatic rings. The van der Waals surface area contributed by atoms with Crippen molar-refractivity contribution in [1.29, 1.82) is 0 Å². The molecular weight excluding hydrogens is 407 g/mol. The van der Waals surface area contributed by atoms with E-state index in [0.717, 1.165) is 30.5 Å². The summed E-state index contributed by atoms with van der Waals surface area (Å²) < 4.78 is 91.7. The van der Waals surface area contributed by atoms with Gasteiger partial charge in [-0.05, 0) is 30.3 Å². The number of nitrogens with zero attached hydrogens (tertiary/aromatic N) is 1. The standard InChI is InChI=1S/C15H12F3N3O4S2/c1-26(22,23)20-11-5-6-12-13(8-11)27(24,25)21-14(19-12)9-3-2-4-10(7-9)15(16,17)18/h2-8,20H,1H3,(H,19,21). The molecule has 144 valence electrons. The molecule has 1 heterocycles. The van der Waals surface area contributed by atoms with Crippen molar-refractivity contribution >= 4 is 37.3 Å². The van der Waals surface area contributed by atoms with Gasteiger partial charge in [-0.15, -0.1) is 4.40 Å². The first kappa shape index (κ1) is 19.2. The summed E-state index contributed by atoms with van der Waals surface area (Å²) in [7, 11) is -7.88. The van der Waals surface area contributed by atoms with Crippen molar-refractivity contribution in [2.75, 3.05) is 16.3 Å². The molecule has 0 saturated carbocycles. The summed E-state index contributed by atoms with van der Waals surface area (Å²) in [4.78, 5) is -0.299. The summed E-state index contributed by atoms with van der Waals surface area (Å²) in [5.74, 6) is -0.266. The van der Waals surface area contributed by atoms with Crippen molar-refractivity contribution in [2.45, 2.75) is 11.1 Å². The van der Waals surface area contributed by atoms with E-state index in [0.29, 0.717) is 0 Å². The highest BCUT2D eigenvalue weighted by Gasteiger charge is 2.32. The van der Waals surface area contributed by atoms with Crippen molar-refractivity contribution in [3.8, 4) is 0 Å². The first-order valence-corrected chi connectivity index (χ1v) is 10.6. The van der Waals surface area contributed by atoms with Gasteiger partial charge in [-0.2, -0.15) is 21.6 Å². The minimum atomic E-state index is -4.59. The number of anilines is 2. The fourth-order valence-corrected chi connectivity index (χ4v) is 4.12. The van der Waals surface area contributed by atoms with Crippen molar-refractivity contribution in [3.63, 3.8) is 0 Å². The first-order valence-electron chi connectivity index (χ1n) is 7.27. The van der Waals surface area contributed by atoms with Gasteiger partial charge in [-0.1, -0.05) is 12.1 Å². The maximum absolute atomic E-state index is 12.9. The normalized spacial score (nSPS) is 16.1. The molecule has 0 radical (unpaired) electrons. The van der Waals surface area contributed by atoms with Gasteiger partial charge in [-0.25, -0.2) is 8.42 Å². The lowest BCUT2D eigenvalue weighted by molar-refractivity contribution is -0.137. The van der Waals surface area contributed by atoms with Gasteiger partial charge in [0.2, 0.25) is 10.0 Å². The Balaban J connectivity index is 2.04. The predicted octanol–water partition coefficient (Wildman–Crippen LogP) is 2.64. The van der Waals surface area contributed by atoms with Gasteiger partial charge in [-0.3, -0.25) is 4.72 Å². The molecule has 27 heavy (non-hydrogen) atoms. The fourth-order valence-electron chi connectivity index (χ4n) is 2.40. The number of nitrogens with one attached hydrogen (secondary N) is 2. The van der Waals surface area contributed by atoms with Crippen LogP contribution in [0.2, 0.25) is 0 Å². The van der Waals surface area contributed by atoms with Crippen LogP contribution in [-0.2, 0) is 26.2 Å². The van der Waals surface area contributed by atoms with E-state index in [-0.39, 0.29) is 27.7 Å². The average molecular weight is 419 g/mol. The molecule has 0 unspecified atom stereocenters. The van der Waals surface area contributed by atoms with Gasteiger partial charge in [0.05, 0.1) is 17.5 Å². The van der Waals surface area contributed by atoms with Crippen molar-refractivity contribution in [1.82, 2.24) is 0 Å². The lowest BCUT2D eigenvalue weighted by Gasteiger charge is -2.20. The van der Waals surface area contributed by atoms with E-state index < -0.39 is 31.8 Å². The van der Waals surface area contributed by atoms with E-state index in [1.807, 2.05) is 0 Å². The van der Waals surface area contributed by atoms with Crippen LogP contribution in [0.3, 0.4) is 0 Å². The zero-order chi connectivity index (χ0) is 20.0. The lowest BCUT2D eigenvalue weighted by Crippen LogP contribution is -2.23. The van der Waals surface area contributed by atoms with E-state index in [2.05, 4.69) is 14.4 Å². The van der Waals surface area contributed by atoms with Crippen LogP contribution >= 0.6 is 0 Å². The number of amidine groups is 1. The highest BCUT2D eigenvalue weighted by atomic mass is 32.2. The Kier molecular flexibility index (Phi) is 4.43. The van der Waals surface area contributed by atoms with Crippen LogP contribution < -0.4 is 10.0 Å². The van der Waals surface area contributed by atoms with E-state index in [1.165, 1.54) is 18.2 Å². The minimum Gasteiger partial charge on any atom is -0.338 e. The Hall–Kier alpha value is -2.60. The molecule has 0 saturated heterocycles. The van der Waals surface area contributed by atoms with Crippen LogP contribution in [0.15, 0.2) is 51.8 Å². The Morgan fingerprint density at radius 1 is 1.11 bits per heavy atom. The number of hydrogen-bond acceptors (Lipinski definition) is 5. The quantitative estimate of drug-likeness (QED) is 0.796. The highest BCUT2D eigenvalue weighted by molar-refractivity contribution is 7.92. The molecule has 0 atom stereocenters. The van der Waals surface area contributed by atoms with Gasteiger partial charge in [0.25, 0.3) is 10.0 Å². The maximum Gasteiger partial charge on any atom is 0.416 e. The number of rotatable bonds is 3. The predicted molar refractivity (Wildman–Crippen MR) is 93.7 cm³/mol. The Morgan fingerprint density at radius 2 is 1.81 bits per heavy atom. The Morgan fingerprint density at radius 3 is 2.44 bits per heavy atom. The molecule has 1 aliphatic heterocycles. The monoisotopic (exact) mass is 419 g/mol. The molecule has 0 amide bonds. The largest absolute Gasteiger partial charge is 0.416 e. The van der Waals surface area contributed by atoms with Crippen molar-refractivity contribution in [3.05, 3.63) is 53.6 Å². The Labute approximate surface area is 153 Å². The first-order chi connectivity index (χ1) is 12.4. The topological polar surface area (TPSA) is 105 Å². The summed E-state index contributed by atoms with van der Waals surface area (Å²) in [6.45, 7) is 0. The number of alkyl halides is 3. The van der Waals surface area contributed by atoms with Crippen molar-refractivity contribution in [2.24, 2.45) is 4.40 Å². The van der Waals surface area contributed by atoms with Crippen LogP contribution in [0, 0.1) is 0 Å². The van der Waals surface area contributed by atoms with Gasteiger partial charge in [0.15, 0.2) is 5.84 Å². The summed E-state index contributed by atoms with van der Waals surface area (Å²) in [6.07, 6.45) is -3.68. The molecule has 0 aliphatic carbocycles. The molecule has 0 fully saturated rings. The van der Waals surface area contributed by atoms with Crippen LogP contribution in [0.25, 0.3) is 0 Å². The van der Waals surface area contributed by atoms with Gasteiger partial charge >= 0.3 is 6.18 Å². The number of fused-ring (bicyclic) bond motifs is 1. The molecule has 0 aromatic heterocycles. The van der Waals surface area contributed by atoms with E-state index in [1.54, 1.807) is 0 Å². The van der Waals surface area contributed by atoms with E-state index >= 15 is 0 Å². The second-order valence-electron chi connectivity index (χ2n) is 5.70. The number of halogens is 3. The molecule has 0 spiro atoms. The third-order valence-electron chi connectivity index (χ3n) is 3.49. The second kappa shape index (κ2) is 6.23. The number of hydrogen-bond donors (Lipinski definition) is 2. The summed E-state index contributed by atoms with van der Waals surface area (Å²) >= 11 is 0. The summed E-state index contributed by atoms with van der Waals surface area (Å²) in [5.41, 5.74) is -0.923. The molecule has 2 N–H and O–H groups in total. The van der Waals surface area contributed by atoms with E-state index in [9.17, 15) is 30.0 Å². The minimum absolute atomic E-state index is 0.0133. The summed E-state index contributed by atoms with van der Waals surface area (Å²) in [5, 5.41) is 2.66. The third-order valence-corrected chi connectivity index (χ3v) is 5.41. The molecule has 2 aromatic rings. The van der Waals surface area contributed by atoms with Crippen LogP contribution in [0.4, 0.5) is 24.5 Å². The number of benzene rings is 2. The number of sulfonamides is 2. The fraction of sp³-hybridized carbons (Fsp3) is 0.133.